The van der Waals surface area contributed by atoms with E-state index in [9.17, 15) is 10.1 Å². The molecule has 0 spiro atoms. The van der Waals surface area contributed by atoms with Crippen molar-refractivity contribution in [2.24, 2.45) is 0 Å². The van der Waals surface area contributed by atoms with Crippen molar-refractivity contribution in [3.05, 3.63) is 68.7 Å². The number of nitro groups is 1. The van der Waals surface area contributed by atoms with Crippen LogP contribution in [0, 0.1) is 10.1 Å². The zero-order chi connectivity index (χ0) is 15.4. The maximum Gasteiger partial charge on any atom is 0.270 e. The number of non-ortho nitro benzene ring substituents is 1. The lowest BCUT2D eigenvalue weighted by molar-refractivity contribution is -0.384. The van der Waals surface area contributed by atoms with Crippen molar-refractivity contribution in [2.45, 2.75) is 26.4 Å². The van der Waals surface area contributed by atoms with E-state index in [2.05, 4.69) is 13.8 Å². The first kappa shape index (κ1) is 15.3. The predicted octanol–water partition coefficient (Wildman–Crippen LogP) is 4.95. The van der Waals surface area contributed by atoms with Crippen molar-refractivity contribution >= 4 is 17.3 Å². The lowest BCUT2D eigenvalue weighted by atomic mass is 10.0. The second kappa shape index (κ2) is 6.59. The minimum Gasteiger partial charge on any atom is -0.489 e. The number of hydrogen-bond donors (Lipinski definition) is 0. The lowest BCUT2D eigenvalue weighted by Crippen LogP contribution is -2.00. The highest BCUT2D eigenvalue weighted by Crippen LogP contribution is 2.28. The minimum atomic E-state index is -0.468. The van der Waals surface area contributed by atoms with Crippen molar-refractivity contribution in [1.82, 2.24) is 0 Å². The van der Waals surface area contributed by atoms with Gasteiger partial charge in [0.1, 0.15) is 12.4 Å². The molecule has 110 valence electrons. The van der Waals surface area contributed by atoms with E-state index in [-0.39, 0.29) is 12.3 Å². The first-order valence-corrected chi connectivity index (χ1v) is 7.01. The van der Waals surface area contributed by atoms with Crippen LogP contribution in [-0.2, 0) is 6.61 Å². The zero-order valence-electron chi connectivity index (χ0n) is 11.9. The monoisotopic (exact) mass is 305 g/mol. The fourth-order valence-electron chi connectivity index (χ4n) is 2.01. The van der Waals surface area contributed by atoms with Crippen LogP contribution >= 0.6 is 11.6 Å². The van der Waals surface area contributed by atoms with E-state index in [1.165, 1.54) is 12.1 Å². The number of rotatable bonds is 5. The van der Waals surface area contributed by atoms with E-state index in [4.69, 9.17) is 16.3 Å². The van der Waals surface area contributed by atoms with Crippen molar-refractivity contribution in [3.8, 4) is 5.75 Å². The number of hydrogen-bond acceptors (Lipinski definition) is 3. The molecule has 2 aromatic carbocycles. The first-order valence-electron chi connectivity index (χ1n) is 6.63. The molecule has 0 saturated carbocycles. The van der Waals surface area contributed by atoms with Crippen LogP contribution in [0.2, 0.25) is 5.02 Å². The van der Waals surface area contributed by atoms with Gasteiger partial charge in [0.15, 0.2) is 0 Å². The quantitative estimate of drug-likeness (QED) is 0.580. The normalized spacial score (nSPS) is 10.7. The number of halogens is 1. The molecule has 0 unspecified atom stereocenters. The molecule has 0 radical (unpaired) electrons. The maximum atomic E-state index is 10.7. The highest BCUT2D eigenvalue weighted by atomic mass is 35.5. The van der Waals surface area contributed by atoms with Crippen LogP contribution in [0.25, 0.3) is 0 Å². The van der Waals surface area contributed by atoms with Crippen molar-refractivity contribution < 1.29 is 9.66 Å². The van der Waals surface area contributed by atoms with Crippen molar-refractivity contribution in [2.75, 3.05) is 0 Å². The largest absolute Gasteiger partial charge is 0.489 e. The number of benzene rings is 2. The third-order valence-electron chi connectivity index (χ3n) is 3.17. The summed E-state index contributed by atoms with van der Waals surface area (Å²) in [5.74, 6) is 1.16. The second-order valence-corrected chi connectivity index (χ2v) is 5.42. The Hall–Kier alpha value is -2.07. The van der Waals surface area contributed by atoms with Crippen LogP contribution in [0.15, 0.2) is 42.5 Å². The van der Waals surface area contributed by atoms with Crippen molar-refractivity contribution in [1.29, 1.82) is 0 Å². The molecule has 0 aliphatic rings. The number of para-hydroxylation sites is 1. The molecular formula is C16H16ClNO3. The molecule has 0 N–H and O–H groups in total. The molecule has 0 amide bonds. The highest BCUT2D eigenvalue weighted by molar-refractivity contribution is 6.31. The predicted molar refractivity (Wildman–Crippen MR) is 83.0 cm³/mol. The minimum absolute atomic E-state index is 0.0219. The molecule has 0 bridgehead atoms. The summed E-state index contributed by atoms with van der Waals surface area (Å²) in [5, 5.41) is 11.0. The standard InChI is InChI=1S/C16H16ClNO3/c1-11(2)14-5-3-4-6-16(14)21-10-12-7-8-13(18(19)20)9-15(12)17/h3-9,11H,10H2,1-2H3. The van der Waals surface area contributed by atoms with Gasteiger partial charge in [0.25, 0.3) is 5.69 Å². The van der Waals surface area contributed by atoms with Gasteiger partial charge in [0.05, 0.1) is 9.95 Å². The molecule has 0 atom stereocenters. The Labute approximate surface area is 128 Å². The topological polar surface area (TPSA) is 52.4 Å². The van der Waals surface area contributed by atoms with Crippen LogP contribution in [0.1, 0.15) is 30.9 Å². The molecule has 5 heteroatoms. The van der Waals surface area contributed by atoms with E-state index in [0.717, 1.165) is 16.9 Å². The maximum absolute atomic E-state index is 10.7. The average molecular weight is 306 g/mol. The molecule has 2 rings (SSSR count). The number of nitro benzene ring substituents is 1. The highest BCUT2D eigenvalue weighted by Gasteiger charge is 2.11. The summed E-state index contributed by atoms with van der Waals surface area (Å²) < 4.78 is 5.81. The summed E-state index contributed by atoms with van der Waals surface area (Å²) >= 11 is 6.06. The number of nitrogens with zero attached hydrogens (tertiary/aromatic N) is 1. The summed E-state index contributed by atoms with van der Waals surface area (Å²) in [6.07, 6.45) is 0. The van der Waals surface area contributed by atoms with Gasteiger partial charge in [-0.1, -0.05) is 43.6 Å². The van der Waals surface area contributed by atoms with E-state index >= 15 is 0 Å². The van der Waals surface area contributed by atoms with Crippen LogP contribution in [0.4, 0.5) is 5.69 Å². The van der Waals surface area contributed by atoms with E-state index in [1.54, 1.807) is 6.07 Å². The van der Waals surface area contributed by atoms with Gasteiger partial charge in [-0.05, 0) is 23.6 Å². The Morgan fingerprint density at radius 3 is 2.57 bits per heavy atom. The Balaban J connectivity index is 2.15. The summed E-state index contributed by atoms with van der Waals surface area (Å²) in [5.41, 5.74) is 1.82. The van der Waals surface area contributed by atoms with Gasteiger partial charge in [-0.25, -0.2) is 0 Å². The molecule has 2 aromatic rings. The molecule has 21 heavy (non-hydrogen) atoms. The second-order valence-electron chi connectivity index (χ2n) is 5.01. The third kappa shape index (κ3) is 3.73. The number of ether oxygens (including phenoxy) is 1. The van der Waals surface area contributed by atoms with Gasteiger partial charge in [-0.3, -0.25) is 10.1 Å². The molecule has 4 nitrogen and oxygen atoms in total. The smallest absolute Gasteiger partial charge is 0.270 e. The summed E-state index contributed by atoms with van der Waals surface area (Å²) in [6, 6.07) is 12.2. The Bertz CT molecular complexity index is 656. The Morgan fingerprint density at radius 2 is 1.95 bits per heavy atom. The Morgan fingerprint density at radius 1 is 1.24 bits per heavy atom. The van der Waals surface area contributed by atoms with Crippen LogP contribution in [0.3, 0.4) is 0 Å². The summed E-state index contributed by atoms with van der Waals surface area (Å²) in [4.78, 5) is 10.2. The molecule has 0 aromatic heterocycles. The van der Waals surface area contributed by atoms with Crippen molar-refractivity contribution in [3.63, 3.8) is 0 Å². The molecule has 0 saturated heterocycles. The molecule has 0 fully saturated rings. The molecule has 0 aliphatic heterocycles. The van der Waals surface area contributed by atoms with E-state index in [1.807, 2.05) is 24.3 Å². The van der Waals surface area contributed by atoms with Gasteiger partial charge >= 0.3 is 0 Å². The van der Waals surface area contributed by atoms with Crippen LogP contribution in [-0.4, -0.2) is 4.92 Å². The first-order chi connectivity index (χ1) is 9.99. The molecular weight excluding hydrogens is 290 g/mol. The lowest BCUT2D eigenvalue weighted by Gasteiger charge is -2.14. The van der Waals surface area contributed by atoms with E-state index in [0.29, 0.717) is 10.9 Å². The molecule has 0 aliphatic carbocycles. The zero-order valence-corrected chi connectivity index (χ0v) is 12.6. The fourth-order valence-corrected chi connectivity index (χ4v) is 2.24. The summed E-state index contributed by atoms with van der Waals surface area (Å²) in [6.45, 7) is 4.47. The summed E-state index contributed by atoms with van der Waals surface area (Å²) in [7, 11) is 0. The van der Waals surface area contributed by atoms with Gasteiger partial charge < -0.3 is 4.74 Å². The van der Waals surface area contributed by atoms with Crippen LogP contribution < -0.4 is 4.74 Å². The van der Waals surface area contributed by atoms with Gasteiger partial charge in [-0.15, -0.1) is 0 Å². The fraction of sp³-hybridized carbons (Fsp3) is 0.250. The van der Waals surface area contributed by atoms with Gasteiger partial charge in [0.2, 0.25) is 0 Å². The SMILES string of the molecule is CC(C)c1ccccc1OCc1ccc([N+](=O)[O-])cc1Cl. The van der Waals surface area contributed by atoms with E-state index < -0.39 is 4.92 Å². The Kier molecular flexibility index (Phi) is 4.81. The van der Waals surface area contributed by atoms with Gasteiger partial charge in [0, 0.05) is 17.7 Å². The van der Waals surface area contributed by atoms with Crippen LogP contribution in [0.5, 0.6) is 5.75 Å². The molecule has 0 heterocycles. The average Bonchev–Trinajstić information content (AvgIpc) is 2.46. The third-order valence-corrected chi connectivity index (χ3v) is 3.52. The van der Waals surface area contributed by atoms with Gasteiger partial charge in [-0.2, -0.15) is 0 Å².